The summed E-state index contributed by atoms with van der Waals surface area (Å²) < 4.78 is 0. The Morgan fingerprint density at radius 2 is 2.19 bits per heavy atom. The number of amides is 1. The highest BCUT2D eigenvalue weighted by molar-refractivity contribution is 7.99. The molecule has 1 amide bonds. The summed E-state index contributed by atoms with van der Waals surface area (Å²) in [7, 11) is 4.14. The van der Waals surface area contributed by atoms with E-state index in [0.29, 0.717) is 23.0 Å². The lowest BCUT2D eigenvalue weighted by Crippen LogP contribution is -2.49. The van der Waals surface area contributed by atoms with Gasteiger partial charge in [-0.2, -0.15) is 0 Å². The number of rotatable bonds is 5. The molecule has 1 fully saturated rings. The van der Waals surface area contributed by atoms with Crippen molar-refractivity contribution in [2.45, 2.75) is 50.7 Å². The quantitative estimate of drug-likeness (QED) is 0.824. The molecule has 0 bridgehead atoms. The van der Waals surface area contributed by atoms with Gasteiger partial charge in [0, 0.05) is 24.0 Å². The van der Waals surface area contributed by atoms with Crippen LogP contribution in [0.2, 0.25) is 0 Å². The van der Waals surface area contributed by atoms with E-state index in [4.69, 9.17) is 0 Å². The SMILES string of the molecule is Cc1sc2nc(CS[C@@H](C)C(=O)N3CCC[C@@H](N(C)C)C3)[nH]c(=O)c2c1C. The number of aromatic nitrogens is 2. The van der Waals surface area contributed by atoms with Crippen LogP contribution in [0.5, 0.6) is 0 Å². The van der Waals surface area contributed by atoms with Gasteiger partial charge in [0.05, 0.1) is 16.4 Å². The maximum absolute atomic E-state index is 12.8. The third kappa shape index (κ3) is 4.38. The van der Waals surface area contributed by atoms with Gasteiger partial charge < -0.3 is 14.8 Å². The monoisotopic (exact) mass is 408 g/mol. The van der Waals surface area contributed by atoms with E-state index in [-0.39, 0.29) is 16.7 Å². The molecule has 0 aliphatic carbocycles. The number of hydrogen-bond acceptors (Lipinski definition) is 6. The molecule has 3 rings (SSSR count). The molecule has 2 aromatic heterocycles. The van der Waals surface area contributed by atoms with Gasteiger partial charge in [-0.05, 0) is 53.3 Å². The number of nitrogens with one attached hydrogen (secondary N) is 1. The first-order valence-corrected chi connectivity index (χ1v) is 11.2. The van der Waals surface area contributed by atoms with Crippen molar-refractivity contribution in [2.75, 3.05) is 27.2 Å². The number of aromatic amines is 1. The molecule has 0 saturated carbocycles. The lowest BCUT2D eigenvalue weighted by atomic mass is 10.0. The molecule has 2 aromatic rings. The molecule has 3 heterocycles. The van der Waals surface area contributed by atoms with Crippen LogP contribution in [0.3, 0.4) is 0 Å². The number of hydrogen-bond donors (Lipinski definition) is 1. The highest BCUT2D eigenvalue weighted by atomic mass is 32.2. The van der Waals surface area contributed by atoms with Crippen molar-refractivity contribution in [3.8, 4) is 0 Å². The van der Waals surface area contributed by atoms with Gasteiger partial charge in [-0.15, -0.1) is 23.1 Å². The van der Waals surface area contributed by atoms with Crippen LogP contribution in [-0.2, 0) is 10.5 Å². The second-order valence-electron chi connectivity index (χ2n) is 7.47. The Kier molecular flexibility index (Phi) is 6.28. The van der Waals surface area contributed by atoms with Crippen LogP contribution < -0.4 is 5.56 Å². The Balaban J connectivity index is 1.65. The lowest BCUT2D eigenvalue weighted by Gasteiger charge is -2.37. The predicted octanol–water partition coefficient (Wildman–Crippen LogP) is 2.78. The number of carbonyl (C=O) groups excluding carboxylic acids is 1. The molecule has 1 aliphatic rings. The first kappa shape index (κ1) is 20.4. The van der Waals surface area contributed by atoms with Gasteiger partial charge in [0.25, 0.3) is 5.56 Å². The van der Waals surface area contributed by atoms with Crippen molar-refractivity contribution in [2.24, 2.45) is 0 Å². The van der Waals surface area contributed by atoms with Crippen LogP contribution in [-0.4, -0.2) is 64.2 Å². The Morgan fingerprint density at radius 1 is 1.44 bits per heavy atom. The number of H-pyrrole nitrogens is 1. The topological polar surface area (TPSA) is 69.3 Å². The Morgan fingerprint density at radius 3 is 2.89 bits per heavy atom. The van der Waals surface area contributed by atoms with Crippen molar-refractivity contribution in [1.82, 2.24) is 19.8 Å². The Labute approximate surface area is 168 Å². The predicted molar refractivity (Wildman–Crippen MR) is 114 cm³/mol. The van der Waals surface area contributed by atoms with E-state index in [0.717, 1.165) is 41.2 Å². The van der Waals surface area contributed by atoms with Crippen LogP contribution >= 0.6 is 23.1 Å². The molecule has 8 heteroatoms. The third-order valence-electron chi connectivity index (χ3n) is 5.34. The maximum Gasteiger partial charge on any atom is 0.259 e. The second-order valence-corrected chi connectivity index (χ2v) is 10.0. The molecule has 1 saturated heterocycles. The summed E-state index contributed by atoms with van der Waals surface area (Å²) in [4.78, 5) is 38.8. The average molecular weight is 409 g/mol. The lowest BCUT2D eigenvalue weighted by molar-refractivity contribution is -0.132. The van der Waals surface area contributed by atoms with Crippen molar-refractivity contribution in [3.63, 3.8) is 0 Å². The highest BCUT2D eigenvalue weighted by Crippen LogP contribution is 2.27. The van der Waals surface area contributed by atoms with E-state index in [1.807, 2.05) is 25.7 Å². The molecule has 148 valence electrons. The first-order chi connectivity index (χ1) is 12.8. The van der Waals surface area contributed by atoms with Crippen LogP contribution in [0.1, 0.15) is 36.0 Å². The Bertz CT molecular complexity index is 890. The molecule has 0 spiro atoms. The zero-order valence-corrected chi connectivity index (χ0v) is 18.3. The number of carbonyl (C=O) groups is 1. The van der Waals surface area contributed by atoms with Crippen molar-refractivity contribution in [1.29, 1.82) is 0 Å². The molecule has 1 N–H and O–H groups in total. The fraction of sp³-hybridized carbons (Fsp3) is 0.632. The largest absolute Gasteiger partial charge is 0.340 e. The van der Waals surface area contributed by atoms with Gasteiger partial charge in [-0.3, -0.25) is 9.59 Å². The number of likely N-dealkylation sites (tertiary alicyclic amines) is 1. The van der Waals surface area contributed by atoms with Crippen LogP contribution in [0.25, 0.3) is 10.2 Å². The van der Waals surface area contributed by atoms with E-state index in [9.17, 15) is 9.59 Å². The van der Waals surface area contributed by atoms with Crippen LogP contribution in [0.4, 0.5) is 0 Å². The molecule has 0 aromatic carbocycles. The minimum Gasteiger partial charge on any atom is -0.340 e. The summed E-state index contributed by atoms with van der Waals surface area (Å²) in [5.74, 6) is 1.35. The van der Waals surface area contributed by atoms with Crippen molar-refractivity contribution in [3.05, 3.63) is 26.6 Å². The molecule has 6 nitrogen and oxygen atoms in total. The second kappa shape index (κ2) is 8.32. The number of nitrogens with zero attached hydrogens (tertiary/aromatic N) is 3. The van der Waals surface area contributed by atoms with E-state index in [2.05, 4.69) is 29.0 Å². The summed E-state index contributed by atoms with van der Waals surface area (Å²) in [5.41, 5.74) is 0.924. The molecule has 1 aliphatic heterocycles. The highest BCUT2D eigenvalue weighted by Gasteiger charge is 2.28. The van der Waals surface area contributed by atoms with Gasteiger partial charge in [-0.25, -0.2) is 4.98 Å². The van der Waals surface area contributed by atoms with Crippen molar-refractivity contribution < 1.29 is 4.79 Å². The fourth-order valence-electron chi connectivity index (χ4n) is 3.48. The van der Waals surface area contributed by atoms with Crippen LogP contribution in [0, 0.1) is 13.8 Å². The van der Waals surface area contributed by atoms with E-state index < -0.39 is 0 Å². The molecular weight excluding hydrogens is 380 g/mol. The zero-order valence-electron chi connectivity index (χ0n) is 16.7. The normalized spacial score (nSPS) is 19.0. The minimum atomic E-state index is -0.154. The summed E-state index contributed by atoms with van der Waals surface area (Å²) in [6.07, 6.45) is 2.19. The molecule has 0 radical (unpaired) electrons. The third-order valence-corrected chi connectivity index (χ3v) is 7.59. The van der Waals surface area contributed by atoms with Crippen LogP contribution in [0.15, 0.2) is 4.79 Å². The van der Waals surface area contributed by atoms with Gasteiger partial charge in [0.1, 0.15) is 10.7 Å². The average Bonchev–Trinajstić information content (AvgIpc) is 2.93. The van der Waals surface area contributed by atoms with E-state index >= 15 is 0 Å². The van der Waals surface area contributed by atoms with Crippen molar-refractivity contribution >= 4 is 39.2 Å². The Hall–Kier alpha value is -1.38. The molecule has 2 atom stereocenters. The number of piperidine rings is 1. The van der Waals surface area contributed by atoms with Gasteiger partial charge in [-0.1, -0.05) is 0 Å². The minimum absolute atomic E-state index is 0.0821. The molecule has 0 unspecified atom stereocenters. The number of thiophene rings is 1. The smallest absolute Gasteiger partial charge is 0.259 e. The molecule has 27 heavy (non-hydrogen) atoms. The maximum atomic E-state index is 12.8. The van der Waals surface area contributed by atoms with E-state index in [1.165, 1.54) is 11.8 Å². The standard InChI is InChI=1S/C19H28N4O2S2/c1-11-12(2)27-18-16(11)17(24)20-15(21-18)10-26-13(3)19(25)23-8-6-7-14(9-23)22(4)5/h13-14H,6-10H2,1-5H3,(H,20,21,24)/t13-,14+/m0/s1. The first-order valence-electron chi connectivity index (χ1n) is 9.33. The number of likely N-dealkylation sites (N-methyl/N-ethyl adjacent to an activating group) is 1. The summed E-state index contributed by atoms with van der Waals surface area (Å²) in [5, 5.41) is 0.539. The summed E-state index contributed by atoms with van der Waals surface area (Å²) in [6.45, 7) is 7.55. The van der Waals surface area contributed by atoms with E-state index in [1.54, 1.807) is 11.3 Å². The van der Waals surface area contributed by atoms with Gasteiger partial charge >= 0.3 is 0 Å². The number of fused-ring (bicyclic) bond motifs is 1. The zero-order chi connectivity index (χ0) is 19.7. The summed E-state index contributed by atoms with van der Waals surface area (Å²) >= 11 is 3.09. The van der Waals surface area contributed by atoms with Gasteiger partial charge in [0.15, 0.2) is 0 Å². The summed E-state index contributed by atoms with van der Waals surface area (Å²) in [6, 6.07) is 0.436. The number of aryl methyl sites for hydroxylation is 2. The van der Waals surface area contributed by atoms with Gasteiger partial charge in [0.2, 0.25) is 5.91 Å². The molecular formula is C19H28N4O2S2. The fourth-order valence-corrected chi connectivity index (χ4v) is 5.36. The number of thioether (sulfide) groups is 1.